The minimum absolute atomic E-state index is 0.161. The molecule has 1 fully saturated rings. The van der Waals surface area contributed by atoms with Gasteiger partial charge in [0.1, 0.15) is 0 Å². The zero-order valence-electron chi connectivity index (χ0n) is 6.99. The van der Waals surface area contributed by atoms with Crippen molar-refractivity contribution >= 4 is 0 Å². The number of nitrogens with zero attached hydrogens (tertiary/aromatic N) is 3. The largest absolute Gasteiger partial charge is 0.327 e. The third-order valence-electron chi connectivity index (χ3n) is 2.91. The van der Waals surface area contributed by atoms with E-state index in [0.717, 1.165) is 6.42 Å². The van der Waals surface area contributed by atoms with Crippen molar-refractivity contribution in [1.82, 2.24) is 0 Å². The van der Waals surface area contributed by atoms with Crippen molar-refractivity contribution in [2.75, 3.05) is 6.54 Å². The Hall–Kier alpha value is -0.730. The third-order valence-corrected chi connectivity index (χ3v) is 2.91. The Labute approximate surface area is 66.4 Å². The molecular formula is C7H14N4. The Kier molecular flexibility index (Phi) is 2.07. The van der Waals surface area contributed by atoms with Crippen molar-refractivity contribution in [2.45, 2.75) is 26.3 Å². The Bertz CT molecular complexity index is 193. The van der Waals surface area contributed by atoms with E-state index in [2.05, 4.69) is 23.9 Å². The van der Waals surface area contributed by atoms with Gasteiger partial charge in [0, 0.05) is 17.5 Å². The smallest absolute Gasteiger partial charge is 0.0292 e. The maximum absolute atomic E-state index is 8.10. The topological polar surface area (TPSA) is 74.8 Å². The van der Waals surface area contributed by atoms with E-state index in [0.29, 0.717) is 12.5 Å². The summed E-state index contributed by atoms with van der Waals surface area (Å²) >= 11 is 0. The van der Waals surface area contributed by atoms with Gasteiger partial charge < -0.3 is 5.73 Å². The molecule has 0 aliphatic heterocycles. The summed E-state index contributed by atoms with van der Waals surface area (Å²) in [4.78, 5) is 2.73. The standard InChI is InChI=1S/C7H14N4/c1-7(2)5(3-6(7)8)4-10-11-9/h5-6H,3-4,8H2,1-2H3/t5-,6-/m1/s1. The van der Waals surface area contributed by atoms with Crippen LogP contribution in [0.2, 0.25) is 0 Å². The normalized spacial score (nSPS) is 33.7. The van der Waals surface area contributed by atoms with Gasteiger partial charge >= 0.3 is 0 Å². The van der Waals surface area contributed by atoms with Gasteiger partial charge in [0.25, 0.3) is 0 Å². The lowest BCUT2D eigenvalue weighted by Crippen LogP contribution is -2.55. The lowest BCUT2D eigenvalue weighted by molar-refractivity contribution is 0.0450. The highest BCUT2D eigenvalue weighted by Crippen LogP contribution is 2.44. The van der Waals surface area contributed by atoms with Gasteiger partial charge in [-0.25, -0.2) is 0 Å². The maximum Gasteiger partial charge on any atom is 0.0292 e. The van der Waals surface area contributed by atoms with Crippen LogP contribution in [0.4, 0.5) is 0 Å². The lowest BCUT2D eigenvalue weighted by Gasteiger charge is -2.50. The van der Waals surface area contributed by atoms with E-state index in [9.17, 15) is 0 Å². The highest BCUT2D eigenvalue weighted by atomic mass is 15.1. The summed E-state index contributed by atoms with van der Waals surface area (Å²) in [6, 6.07) is 0.279. The van der Waals surface area contributed by atoms with E-state index >= 15 is 0 Å². The summed E-state index contributed by atoms with van der Waals surface area (Å²) < 4.78 is 0. The SMILES string of the molecule is CC1(C)[C@@H](CN=[N+]=[N-])C[C@H]1N. The van der Waals surface area contributed by atoms with Gasteiger partial charge in [-0.2, -0.15) is 0 Å². The average molecular weight is 154 g/mol. The van der Waals surface area contributed by atoms with Crippen molar-refractivity contribution in [3.8, 4) is 0 Å². The molecule has 0 aromatic heterocycles. The molecule has 0 unspecified atom stereocenters. The van der Waals surface area contributed by atoms with Crippen molar-refractivity contribution in [3.05, 3.63) is 10.4 Å². The molecule has 0 bridgehead atoms. The van der Waals surface area contributed by atoms with Crippen LogP contribution in [0.25, 0.3) is 10.4 Å². The van der Waals surface area contributed by atoms with Gasteiger partial charge in [-0.15, -0.1) is 0 Å². The van der Waals surface area contributed by atoms with Crippen molar-refractivity contribution in [2.24, 2.45) is 22.2 Å². The fraction of sp³-hybridized carbons (Fsp3) is 1.00. The van der Waals surface area contributed by atoms with Crippen LogP contribution in [-0.4, -0.2) is 12.6 Å². The van der Waals surface area contributed by atoms with Gasteiger partial charge in [-0.05, 0) is 23.3 Å². The van der Waals surface area contributed by atoms with Gasteiger partial charge in [0.05, 0.1) is 0 Å². The van der Waals surface area contributed by atoms with Crippen molar-refractivity contribution in [3.63, 3.8) is 0 Å². The molecule has 1 aliphatic carbocycles. The molecule has 0 radical (unpaired) electrons. The highest BCUT2D eigenvalue weighted by Gasteiger charge is 2.44. The molecule has 1 rings (SSSR count). The first-order valence-electron chi connectivity index (χ1n) is 3.85. The summed E-state index contributed by atoms with van der Waals surface area (Å²) in [5.74, 6) is 0.480. The van der Waals surface area contributed by atoms with E-state index < -0.39 is 0 Å². The zero-order valence-corrected chi connectivity index (χ0v) is 6.99. The second kappa shape index (κ2) is 2.72. The van der Waals surface area contributed by atoms with Crippen molar-refractivity contribution < 1.29 is 0 Å². The van der Waals surface area contributed by atoms with E-state index in [-0.39, 0.29) is 11.5 Å². The molecule has 0 aromatic rings. The van der Waals surface area contributed by atoms with Crippen LogP contribution < -0.4 is 5.73 Å². The molecule has 0 spiro atoms. The fourth-order valence-electron chi connectivity index (χ4n) is 1.50. The summed E-state index contributed by atoms with van der Waals surface area (Å²) in [7, 11) is 0. The molecule has 4 heteroatoms. The van der Waals surface area contributed by atoms with Gasteiger partial charge in [-0.1, -0.05) is 19.0 Å². The molecular weight excluding hydrogens is 140 g/mol. The van der Waals surface area contributed by atoms with Crippen LogP contribution in [0.15, 0.2) is 5.11 Å². The molecule has 0 aromatic carbocycles. The Morgan fingerprint density at radius 2 is 2.36 bits per heavy atom. The number of nitrogens with two attached hydrogens (primary N) is 1. The quantitative estimate of drug-likeness (QED) is 0.366. The van der Waals surface area contributed by atoms with Crippen LogP contribution >= 0.6 is 0 Å². The second-order valence-electron chi connectivity index (χ2n) is 3.77. The highest BCUT2D eigenvalue weighted by molar-refractivity contribution is 5.00. The first-order valence-corrected chi connectivity index (χ1v) is 3.85. The number of rotatable bonds is 2. The molecule has 11 heavy (non-hydrogen) atoms. The average Bonchev–Trinajstić information content (AvgIpc) is 1.97. The molecule has 0 amide bonds. The molecule has 2 N–H and O–H groups in total. The molecule has 0 heterocycles. The molecule has 0 saturated heterocycles. The first-order chi connectivity index (χ1) is 5.09. The minimum Gasteiger partial charge on any atom is -0.327 e. The third kappa shape index (κ3) is 1.32. The zero-order chi connectivity index (χ0) is 8.48. The molecule has 2 atom stereocenters. The molecule has 62 valence electrons. The summed E-state index contributed by atoms with van der Waals surface area (Å²) in [6.07, 6.45) is 0.992. The predicted octanol–water partition coefficient (Wildman–Crippen LogP) is 1.67. The van der Waals surface area contributed by atoms with Crippen LogP contribution in [0.1, 0.15) is 20.3 Å². The maximum atomic E-state index is 8.10. The fourth-order valence-corrected chi connectivity index (χ4v) is 1.50. The number of azide groups is 1. The van der Waals surface area contributed by atoms with E-state index in [1.807, 2.05) is 0 Å². The summed E-state index contributed by atoms with van der Waals surface area (Å²) in [5, 5.41) is 3.55. The van der Waals surface area contributed by atoms with Gasteiger partial charge in [-0.3, -0.25) is 0 Å². The molecule has 1 aliphatic rings. The van der Waals surface area contributed by atoms with Gasteiger partial charge in [0.15, 0.2) is 0 Å². The Morgan fingerprint density at radius 3 is 2.73 bits per heavy atom. The summed E-state index contributed by atoms with van der Waals surface area (Å²) in [6.45, 7) is 4.84. The second-order valence-corrected chi connectivity index (χ2v) is 3.77. The number of hydrogen-bond acceptors (Lipinski definition) is 2. The lowest BCUT2D eigenvalue weighted by atomic mass is 9.59. The van der Waals surface area contributed by atoms with E-state index in [1.54, 1.807) is 0 Å². The van der Waals surface area contributed by atoms with E-state index in [1.165, 1.54) is 0 Å². The van der Waals surface area contributed by atoms with Crippen LogP contribution in [-0.2, 0) is 0 Å². The van der Waals surface area contributed by atoms with Crippen molar-refractivity contribution in [1.29, 1.82) is 0 Å². The Morgan fingerprint density at radius 1 is 1.73 bits per heavy atom. The van der Waals surface area contributed by atoms with Crippen LogP contribution in [0.3, 0.4) is 0 Å². The molecule has 1 saturated carbocycles. The van der Waals surface area contributed by atoms with Gasteiger partial charge in [0.2, 0.25) is 0 Å². The minimum atomic E-state index is 0.161. The Balaban J connectivity index is 2.46. The van der Waals surface area contributed by atoms with E-state index in [4.69, 9.17) is 11.3 Å². The summed E-state index contributed by atoms with van der Waals surface area (Å²) in [5.41, 5.74) is 14.0. The first kappa shape index (κ1) is 8.37. The number of hydrogen-bond donors (Lipinski definition) is 1. The van der Waals surface area contributed by atoms with Crippen LogP contribution in [0.5, 0.6) is 0 Å². The van der Waals surface area contributed by atoms with Crippen LogP contribution in [0, 0.1) is 11.3 Å². The molecule has 4 nitrogen and oxygen atoms in total. The predicted molar refractivity (Wildman–Crippen MR) is 43.9 cm³/mol. The monoisotopic (exact) mass is 154 g/mol.